The number of quaternary nitrogens is 1. The van der Waals surface area contributed by atoms with Crippen molar-refractivity contribution in [3.05, 3.63) is 23.8 Å². The summed E-state index contributed by atoms with van der Waals surface area (Å²) in [4.78, 5) is 23.1. The van der Waals surface area contributed by atoms with Crippen LogP contribution >= 0.6 is 0 Å². The molecule has 2 rings (SSSR count). The first-order chi connectivity index (χ1) is 9.04. The molecule has 0 spiro atoms. The molecule has 3 unspecified atom stereocenters. The van der Waals surface area contributed by atoms with Gasteiger partial charge in [-0.05, 0) is 33.8 Å². The highest BCUT2D eigenvalue weighted by atomic mass is 16.4. The van der Waals surface area contributed by atoms with Crippen LogP contribution in [0.25, 0.3) is 0 Å². The number of rotatable bonds is 1. The van der Waals surface area contributed by atoms with Gasteiger partial charge in [0, 0.05) is 5.57 Å². The van der Waals surface area contributed by atoms with E-state index in [1.54, 1.807) is 45.9 Å². The van der Waals surface area contributed by atoms with E-state index in [4.69, 9.17) is 0 Å². The molecule has 1 aliphatic carbocycles. The predicted octanol–water partition coefficient (Wildman–Crippen LogP) is 2.23. The predicted molar refractivity (Wildman–Crippen MR) is 73.3 cm³/mol. The first-order valence-electron chi connectivity index (χ1n) is 6.38. The summed E-state index contributed by atoms with van der Waals surface area (Å²) >= 11 is 0. The molecular formula is C14H19N2O4+. The maximum atomic E-state index is 11.8. The van der Waals surface area contributed by atoms with Gasteiger partial charge >= 0.3 is 12.1 Å². The molecule has 1 aliphatic heterocycles. The van der Waals surface area contributed by atoms with Crippen molar-refractivity contribution in [3.8, 4) is 0 Å². The zero-order valence-electron chi connectivity index (χ0n) is 12.0. The number of aliphatic carboxylic acids is 1. The van der Waals surface area contributed by atoms with Gasteiger partial charge in [-0.1, -0.05) is 21.8 Å². The molecule has 0 aromatic rings. The van der Waals surface area contributed by atoms with Crippen LogP contribution in [-0.4, -0.2) is 44.7 Å². The minimum Gasteiger partial charge on any atom is -0.480 e. The highest BCUT2D eigenvalue weighted by Crippen LogP contribution is 2.41. The zero-order chi connectivity index (χ0) is 15.3. The Balaban J connectivity index is 2.54. The fraction of sp³-hybridized carbons (Fsp3) is 0.500. The lowest BCUT2D eigenvalue weighted by Crippen LogP contribution is -2.63. The van der Waals surface area contributed by atoms with E-state index in [1.165, 1.54) is 6.21 Å². The lowest BCUT2D eigenvalue weighted by atomic mass is 9.81. The second kappa shape index (κ2) is 4.02. The average molecular weight is 279 g/mol. The summed E-state index contributed by atoms with van der Waals surface area (Å²) in [5.74, 6) is -0.968. The van der Waals surface area contributed by atoms with Crippen LogP contribution in [0.5, 0.6) is 0 Å². The highest BCUT2D eigenvalue weighted by Gasteiger charge is 2.59. The van der Waals surface area contributed by atoms with E-state index in [1.807, 2.05) is 0 Å². The van der Waals surface area contributed by atoms with Gasteiger partial charge in [-0.3, -0.25) is 4.79 Å². The SMILES string of the molecule is CC1(C(=O)O)C=CC2C(=C1)C=N[N+]2(C(=O)O)C(C)(C)C. The van der Waals surface area contributed by atoms with Crippen molar-refractivity contribution < 1.29 is 24.4 Å². The molecule has 2 aliphatic rings. The van der Waals surface area contributed by atoms with Gasteiger partial charge in [0.05, 0.1) is 6.21 Å². The molecule has 1 amide bonds. The van der Waals surface area contributed by atoms with E-state index < -0.39 is 33.7 Å². The minimum absolute atomic E-state index is 0.486. The van der Waals surface area contributed by atoms with E-state index in [9.17, 15) is 19.8 Å². The summed E-state index contributed by atoms with van der Waals surface area (Å²) < 4.78 is -0.495. The van der Waals surface area contributed by atoms with Gasteiger partial charge in [-0.15, -0.1) is 0 Å². The molecule has 3 atom stereocenters. The summed E-state index contributed by atoms with van der Waals surface area (Å²) in [5, 5.41) is 23.1. The Morgan fingerprint density at radius 3 is 2.40 bits per heavy atom. The summed E-state index contributed by atoms with van der Waals surface area (Å²) in [6.07, 6.45) is 5.20. The smallest absolute Gasteiger partial charge is 0.480 e. The molecule has 0 aromatic heterocycles. The molecule has 108 valence electrons. The van der Waals surface area contributed by atoms with Crippen LogP contribution in [0, 0.1) is 5.41 Å². The quantitative estimate of drug-likeness (QED) is 0.569. The normalized spacial score (nSPS) is 35.6. The van der Waals surface area contributed by atoms with Gasteiger partial charge in [0.25, 0.3) is 0 Å². The number of hydrogen-bond acceptors (Lipinski definition) is 3. The standard InChI is InChI=1S/C14H18N2O4/c1-13(2,3)16(12(19)20)10-5-6-14(4,11(17)18)7-9(10)8-15-16/h5-8,10H,1-4H3,(H-,17,18,19,20)/p+1. The third-order valence-corrected chi connectivity index (χ3v) is 4.00. The van der Waals surface area contributed by atoms with Gasteiger partial charge in [-0.2, -0.15) is 4.79 Å². The van der Waals surface area contributed by atoms with Gasteiger partial charge in [0.1, 0.15) is 11.0 Å². The second-order valence-corrected chi connectivity index (χ2v) is 6.42. The molecule has 0 fully saturated rings. The lowest BCUT2D eigenvalue weighted by molar-refractivity contribution is -0.917. The third kappa shape index (κ3) is 1.71. The lowest BCUT2D eigenvalue weighted by Gasteiger charge is -2.40. The molecule has 0 bridgehead atoms. The van der Waals surface area contributed by atoms with Crippen molar-refractivity contribution >= 4 is 18.3 Å². The van der Waals surface area contributed by atoms with Crippen molar-refractivity contribution in [2.45, 2.75) is 39.3 Å². The number of carbonyl (C=O) groups is 2. The van der Waals surface area contributed by atoms with Gasteiger partial charge in [-0.25, -0.2) is 0 Å². The first-order valence-corrected chi connectivity index (χ1v) is 6.38. The fourth-order valence-electron chi connectivity index (χ4n) is 2.74. The topological polar surface area (TPSA) is 87.0 Å². The number of carboxylic acids is 1. The summed E-state index contributed by atoms with van der Waals surface area (Å²) in [6, 6.07) is -0.486. The van der Waals surface area contributed by atoms with E-state index in [0.29, 0.717) is 5.57 Å². The summed E-state index contributed by atoms with van der Waals surface area (Å²) in [6.45, 7) is 6.99. The number of carboxylic acid groups (broad SMARTS) is 2. The molecule has 2 N–H and O–H groups in total. The highest BCUT2D eigenvalue weighted by molar-refractivity contribution is 5.88. The maximum absolute atomic E-state index is 11.8. The Bertz CT molecular complexity index is 570. The Labute approximate surface area is 117 Å². The molecular weight excluding hydrogens is 260 g/mol. The van der Waals surface area contributed by atoms with Crippen LogP contribution < -0.4 is 0 Å². The fourth-order valence-corrected chi connectivity index (χ4v) is 2.74. The maximum Gasteiger partial charge on any atom is 0.542 e. The Kier molecular flexibility index (Phi) is 2.91. The Morgan fingerprint density at radius 1 is 1.35 bits per heavy atom. The van der Waals surface area contributed by atoms with Gasteiger partial charge < -0.3 is 10.2 Å². The van der Waals surface area contributed by atoms with Crippen molar-refractivity contribution in [1.82, 2.24) is 0 Å². The van der Waals surface area contributed by atoms with Crippen LogP contribution in [0.3, 0.4) is 0 Å². The molecule has 0 saturated carbocycles. The van der Waals surface area contributed by atoms with Crippen LogP contribution in [-0.2, 0) is 4.79 Å². The van der Waals surface area contributed by atoms with E-state index in [0.717, 1.165) is 0 Å². The van der Waals surface area contributed by atoms with Crippen molar-refractivity contribution in [2.24, 2.45) is 10.5 Å². The Hall–Kier alpha value is -1.95. The molecule has 0 radical (unpaired) electrons. The molecule has 1 heterocycles. The first kappa shape index (κ1) is 14.5. The van der Waals surface area contributed by atoms with Gasteiger partial charge in [0.2, 0.25) is 0 Å². The summed E-state index contributed by atoms with van der Waals surface area (Å²) in [5.41, 5.74) is -1.13. The third-order valence-electron chi connectivity index (χ3n) is 4.00. The van der Waals surface area contributed by atoms with Crippen LogP contribution in [0.15, 0.2) is 28.9 Å². The monoisotopic (exact) mass is 279 g/mol. The Morgan fingerprint density at radius 2 is 1.95 bits per heavy atom. The van der Waals surface area contributed by atoms with Crippen molar-refractivity contribution in [3.63, 3.8) is 0 Å². The van der Waals surface area contributed by atoms with Gasteiger partial charge in [0.15, 0.2) is 6.04 Å². The zero-order valence-corrected chi connectivity index (χ0v) is 12.0. The molecule has 0 aromatic carbocycles. The van der Waals surface area contributed by atoms with E-state index >= 15 is 0 Å². The molecule has 20 heavy (non-hydrogen) atoms. The molecule has 6 nitrogen and oxygen atoms in total. The van der Waals surface area contributed by atoms with Crippen molar-refractivity contribution in [2.75, 3.05) is 0 Å². The van der Waals surface area contributed by atoms with Crippen LogP contribution in [0.1, 0.15) is 27.7 Å². The number of hydrogen-bond donors (Lipinski definition) is 2. The van der Waals surface area contributed by atoms with E-state index in [-0.39, 0.29) is 0 Å². The van der Waals surface area contributed by atoms with Crippen molar-refractivity contribution in [1.29, 1.82) is 0 Å². The molecule has 0 saturated heterocycles. The summed E-state index contributed by atoms with van der Waals surface area (Å²) in [7, 11) is 0. The molecule has 6 heteroatoms. The number of nitrogens with zero attached hydrogens (tertiary/aromatic N) is 2. The number of amides is 1. The average Bonchev–Trinajstić information content (AvgIpc) is 2.67. The second-order valence-electron chi connectivity index (χ2n) is 6.42. The van der Waals surface area contributed by atoms with E-state index in [2.05, 4.69) is 5.10 Å². The largest absolute Gasteiger partial charge is 0.542 e. The minimum atomic E-state index is -1.12. The van der Waals surface area contributed by atoms with Crippen LogP contribution in [0.4, 0.5) is 4.79 Å². The number of fused-ring (bicyclic) bond motifs is 1. The van der Waals surface area contributed by atoms with Crippen LogP contribution in [0.2, 0.25) is 0 Å².